The average molecular weight is 367 g/mol. The van der Waals surface area contributed by atoms with Crippen LogP contribution < -0.4 is 5.32 Å². The number of hydrogen-bond donors (Lipinski definition) is 1. The minimum absolute atomic E-state index is 0.149. The van der Waals surface area contributed by atoms with Gasteiger partial charge in [-0.25, -0.2) is 9.18 Å². The van der Waals surface area contributed by atoms with Gasteiger partial charge in [-0.15, -0.1) is 5.10 Å². The molecule has 3 aromatic rings. The highest BCUT2D eigenvalue weighted by molar-refractivity contribution is 5.74. The molecule has 6 nitrogen and oxygen atoms in total. The number of nitrogens with one attached hydrogen (secondary N) is 1. The van der Waals surface area contributed by atoms with Crippen molar-refractivity contribution in [2.45, 2.75) is 19.5 Å². The van der Waals surface area contributed by atoms with Crippen molar-refractivity contribution in [2.75, 3.05) is 7.05 Å². The number of benzene rings is 2. The molecule has 27 heavy (non-hydrogen) atoms. The number of aromatic nitrogens is 3. The summed E-state index contributed by atoms with van der Waals surface area (Å²) in [6, 6.07) is 13.9. The summed E-state index contributed by atoms with van der Waals surface area (Å²) < 4.78 is 14.6. The maximum absolute atomic E-state index is 13.0. The van der Waals surface area contributed by atoms with E-state index in [4.69, 9.17) is 0 Å². The molecule has 7 heteroatoms. The van der Waals surface area contributed by atoms with E-state index in [0.717, 1.165) is 22.4 Å². The number of nitrogens with zero attached hydrogens (tertiary/aromatic N) is 4. The van der Waals surface area contributed by atoms with Crippen molar-refractivity contribution in [3.63, 3.8) is 0 Å². The summed E-state index contributed by atoms with van der Waals surface area (Å²) in [6.45, 7) is 2.32. The largest absolute Gasteiger partial charge is 0.331 e. The van der Waals surface area contributed by atoms with Crippen LogP contribution in [0.5, 0.6) is 0 Å². The molecule has 1 aromatic heterocycles. The molecule has 3 rings (SSSR count). The second-order valence-electron chi connectivity index (χ2n) is 6.54. The standard InChI is InChI=1S/C20H22FN5O/c1-14(22-20(27)25(2)12-19-13-26(3)24-23-19)15-4-6-16(7-5-15)17-8-10-18(21)11-9-17/h4-11,13-14H,12H2,1-3H3,(H,22,27). The van der Waals surface area contributed by atoms with Gasteiger partial charge in [0.05, 0.1) is 12.6 Å². The molecule has 0 aliphatic carbocycles. The molecule has 0 saturated heterocycles. The normalized spacial score (nSPS) is 11.9. The number of carbonyl (C=O) groups is 1. The van der Waals surface area contributed by atoms with Crippen LogP contribution in [0.1, 0.15) is 24.2 Å². The van der Waals surface area contributed by atoms with Gasteiger partial charge < -0.3 is 10.2 Å². The minimum atomic E-state index is -0.252. The number of urea groups is 1. The lowest BCUT2D eigenvalue weighted by Gasteiger charge is -2.21. The number of rotatable bonds is 5. The molecule has 1 heterocycles. The quantitative estimate of drug-likeness (QED) is 0.750. The van der Waals surface area contributed by atoms with Crippen LogP contribution >= 0.6 is 0 Å². The Morgan fingerprint density at radius 2 is 1.74 bits per heavy atom. The lowest BCUT2D eigenvalue weighted by Crippen LogP contribution is -2.38. The van der Waals surface area contributed by atoms with Crippen LogP contribution in [0.15, 0.2) is 54.7 Å². The summed E-state index contributed by atoms with van der Waals surface area (Å²) in [7, 11) is 3.50. The van der Waals surface area contributed by atoms with Crippen LogP contribution in [0.25, 0.3) is 11.1 Å². The highest BCUT2D eigenvalue weighted by Crippen LogP contribution is 2.22. The Kier molecular flexibility index (Phi) is 5.49. The SMILES string of the molecule is CC(NC(=O)N(C)Cc1cn(C)nn1)c1ccc(-c2ccc(F)cc2)cc1. The van der Waals surface area contributed by atoms with Gasteiger partial charge >= 0.3 is 6.03 Å². The predicted octanol–water partition coefficient (Wildman–Crippen LogP) is 3.52. The van der Waals surface area contributed by atoms with Gasteiger partial charge in [-0.05, 0) is 35.7 Å². The van der Waals surface area contributed by atoms with Gasteiger partial charge in [0.25, 0.3) is 0 Å². The predicted molar refractivity (Wildman–Crippen MR) is 101 cm³/mol. The van der Waals surface area contributed by atoms with Gasteiger partial charge in [0.2, 0.25) is 0 Å². The molecule has 0 saturated carbocycles. The minimum Gasteiger partial charge on any atom is -0.331 e. The number of halogens is 1. The summed E-state index contributed by atoms with van der Waals surface area (Å²) in [5.74, 6) is -0.252. The van der Waals surface area contributed by atoms with E-state index in [1.807, 2.05) is 31.2 Å². The van der Waals surface area contributed by atoms with Crippen LogP contribution in [0.4, 0.5) is 9.18 Å². The van der Waals surface area contributed by atoms with Crippen molar-refractivity contribution in [1.82, 2.24) is 25.2 Å². The highest BCUT2D eigenvalue weighted by Gasteiger charge is 2.15. The van der Waals surface area contributed by atoms with Gasteiger partial charge in [-0.2, -0.15) is 0 Å². The van der Waals surface area contributed by atoms with Gasteiger partial charge in [-0.1, -0.05) is 41.6 Å². The Morgan fingerprint density at radius 1 is 1.15 bits per heavy atom. The van der Waals surface area contributed by atoms with E-state index < -0.39 is 0 Å². The molecule has 1 atom stereocenters. The molecule has 0 fully saturated rings. The molecule has 0 spiro atoms. The summed E-state index contributed by atoms with van der Waals surface area (Å²) in [4.78, 5) is 13.9. The Labute approximate surface area is 157 Å². The molecule has 2 amide bonds. The monoisotopic (exact) mass is 367 g/mol. The third kappa shape index (κ3) is 4.69. The third-order valence-corrected chi connectivity index (χ3v) is 4.32. The topological polar surface area (TPSA) is 63.1 Å². The van der Waals surface area contributed by atoms with Gasteiger partial charge in [-0.3, -0.25) is 4.68 Å². The summed E-state index contributed by atoms with van der Waals surface area (Å²) >= 11 is 0. The molecule has 140 valence electrons. The van der Waals surface area contributed by atoms with E-state index in [1.54, 1.807) is 42.0 Å². The van der Waals surface area contributed by atoms with E-state index in [0.29, 0.717) is 6.54 Å². The van der Waals surface area contributed by atoms with Gasteiger partial charge in [0.1, 0.15) is 11.5 Å². The Balaban J connectivity index is 1.60. The molecule has 0 bridgehead atoms. The Hall–Kier alpha value is -3.22. The van der Waals surface area contributed by atoms with Crippen molar-refractivity contribution in [2.24, 2.45) is 7.05 Å². The number of amides is 2. The second kappa shape index (κ2) is 7.99. The third-order valence-electron chi connectivity index (χ3n) is 4.32. The summed E-state index contributed by atoms with van der Waals surface area (Å²) in [6.07, 6.45) is 1.78. The van der Waals surface area contributed by atoms with E-state index in [1.165, 1.54) is 12.1 Å². The van der Waals surface area contributed by atoms with Crippen molar-refractivity contribution in [3.8, 4) is 11.1 Å². The molecule has 0 radical (unpaired) electrons. The maximum Gasteiger partial charge on any atom is 0.317 e. The van der Waals surface area contributed by atoms with Crippen LogP contribution in [0, 0.1) is 5.82 Å². The van der Waals surface area contributed by atoms with E-state index in [2.05, 4.69) is 15.6 Å². The van der Waals surface area contributed by atoms with Crippen molar-refractivity contribution in [3.05, 3.63) is 71.8 Å². The molecule has 2 aromatic carbocycles. The maximum atomic E-state index is 13.0. The average Bonchev–Trinajstić information content (AvgIpc) is 3.07. The lowest BCUT2D eigenvalue weighted by molar-refractivity contribution is 0.203. The smallest absolute Gasteiger partial charge is 0.317 e. The fourth-order valence-corrected chi connectivity index (χ4v) is 2.77. The first kappa shape index (κ1) is 18.6. The fourth-order valence-electron chi connectivity index (χ4n) is 2.77. The van der Waals surface area contributed by atoms with Crippen molar-refractivity contribution in [1.29, 1.82) is 0 Å². The first-order valence-electron chi connectivity index (χ1n) is 8.65. The molecule has 1 N–H and O–H groups in total. The van der Waals surface area contributed by atoms with E-state index >= 15 is 0 Å². The molecule has 0 aliphatic rings. The first-order valence-corrected chi connectivity index (χ1v) is 8.65. The van der Waals surface area contributed by atoms with Crippen LogP contribution in [0.2, 0.25) is 0 Å². The molecule has 0 aliphatic heterocycles. The summed E-state index contributed by atoms with van der Waals surface area (Å²) in [5.41, 5.74) is 3.66. The van der Waals surface area contributed by atoms with Crippen LogP contribution in [-0.2, 0) is 13.6 Å². The lowest BCUT2D eigenvalue weighted by atomic mass is 10.0. The van der Waals surface area contributed by atoms with E-state index in [9.17, 15) is 9.18 Å². The van der Waals surface area contributed by atoms with E-state index in [-0.39, 0.29) is 17.9 Å². The molecule has 1 unspecified atom stereocenters. The zero-order valence-electron chi connectivity index (χ0n) is 15.6. The molecular weight excluding hydrogens is 345 g/mol. The van der Waals surface area contributed by atoms with Gasteiger partial charge in [0.15, 0.2) is 0 Å². The first-order chi connectivity index (χ1) is 12.9. The zero-order valence-corrected chi connectivity index (χ0v) is 15.6. The Morgan fingerprint density at radius 3 is 2.30 bits per heavy atom. The summed E-state index contributed by atoms with van der Waals surface area (Å²) in [5, 5.41) is 10.8. The highest BCUT2D eigenvalue weighted by atomic mass is 19.1. The van der Waals surface area contributed by atoms with Gasteiger partial charge in [0, 0.05) is 20.3 Å². The second-order valence-corrected chi connectivity index (χ2v) is 6.54. The van der Waals surface area contributed by atoms with Crippen LogP contribution in [-0.4, -0.2) is 33.0 Å². The zero-order chi connectivity index (χ0) is 19.4. The molecular formula is C20H22FN5O. The van der Waals surface area contributed by atoms with Crippen molar-refractivity contribution < 1.29 is 9.18 Å². The Bertz CT molecular complexity index is 905. The fraction of sp³-hybridized carbons (Fsp3) is 0.250. The van der Waals surface area contributed by atoms with Crippen molar-refractivity contribution >= 4 is 6.03 Å². The number of aryl methyl sites for hydroxylation is 1. The number of carbonyl (C=O) groups excluding carboxylic acids is 1. The van der Waals surface area contributed by atoms with Crippen LogP contribution in [0.3, 0.4) is 0 Å². The number of hydrogen-bond acceptors (Lipinski definition) is 3.